The molecular formula is C19H19FN4O2S. The lowest BCUT2D eigenvalue weighted by Crippen LogP contribution is -2.14. The summed E-state index contributed by atoms with van der Waals surface area (Å²) < 4.78 is 20.3. The van der Waals surface area contributed by atoms with Gasteiger partial charge in [-0.25, -0.2) is 4.39 Å². The Morgan fingerprint density at radius 1 is 1.22 bits per heavy atom. The predicted molar refractivity (Wildman–Crippen MR) is 102 cm³/mol. The number of aromatic nitrogens is 3. The number of amides is 1. The van der Waals surface area contributed by atoms with Crippen molar-refractivity contribution in [3.63, 3.8) is 0 Å². The van der Waals surface area contributed by atoms with E-state index >= 15 is 0 Å². The Morgan fingerprint density at radius 2 is 2.00 bits per heavy atom. The lowest BCUT2D eigenvalue weighted by molar-refractivity contribution is -0.113. The van der Waals surface area contributed by atoms with Crippen LogP contribution >= 0.6 is 11.8 Å². The third kappa shape index (κ3) is 5.30. The summed E-state index contributed by atoms with van der Waals surface area (Å²) in [6.07, 6.45) is 0. The SMILES string of the molecule is Cc1cccc(NC(=O)CSc2nnc(COc3ccc(F)cc3)n2C)c1. The number of nitrogens with one attached hydrogen (secondary N) is 1. The molecule has 1 amide bonds. The highest BCUT2D eigenvalue weighted by Gasteiger charge is 2.12. The van der Waals surface area contributed by atoms with E-state index in [1.165, 1.54) is 23.9 Å². The highest BCUT2D eigenvalue weighted by atomic mass is 32.2. The summed E-state index contributed by atoms with van der Waals surface area (Å²) in [4.78, 5) is 12.1. The lowest BCUT2D eigenvalue weighted by Gasteiger charge is -2.07. The number of anilines is 1. The molecule has 0 unspecified atom stereocenters. The van der Waals surface area contributed by atoms with E-state index in [4.69, 9.17) is 4.74 Å². The van der Waals surface area contributed by atoms with Crippen LogP contribution in [-0.4, -0.2) is 26.4 Å². The van der Waals surface area contributed by atoms with Crippen LogP contribution in [0.25, 0.3) is 0 Å². The molecule has 6 nitrogen and oxygen atoms in total. The summed E-state index contributed by atoms with van der Waals surface area (Å²) in [5.74, 6) is 0.951. The fraction of sp³-hybridized carbons (Fsp3) is 0.211. The first-order chi connectivity index (χ1) is 13.0. The Labute approximate surface area is 160 Å². The van der Waals surface area contributed by atoms with Crippen molar-refractivity contribution in [1.82, 2.24) is 14.8 Å². The standard InChI is InChI=1S/C19H19FN4O2S/c1-13-4-3-5-15(10-13)21-18(25)12-27-19-23-22-17(24(19)2)11-26-16-8-6-14(20)7-9-16/h3-10H,11-12H2,1-2H3,(H,21,25). The van der Waals surface area contributed by atoms with Crippen LogP contribution in [0.4, 0.5) is 10.1 Å². The van der Waals surface area contributed by atoms with Crippen molar-refractivity contribution in [2.24, 2.45) is 7.05 Å². The number of aryl methyl sites for hydroxylation is 1. The van der Waals surface area contributed by atoms with E-state index in [2.05, 4.69) is 15.5 Å². The van der Waals surface area contributed by atoms with Crippen LogP contribution in [0.5, 0.6) is 5.75 Å². The molecule has 8 heteroatoms. The van der Waals surface area contributed by atoms with Crippen molar-refractivity contribution >= 4 is 23.4 Å². The molecule has 140 valence electrons. The fourth-order valence-corrected chi connectivity index (χ4v) is 3.06. The molecular weight excluding hydrogens is 367 g/mol. The largest absolute Gasteiger partial charge is 0.486 e. The van der Waals surface area contributed by atoms with Gasteiger partial charge >= 0.3 is 0 Å². The van der Waals surface area contributed by atoms with E-state index in [9.17, 15) is 9.18 Å². The molecule has 0 aliphatic carbocycles. The van der Waals surface area contributed by atoms with Gasteiger partial charge in [-0.15, -0.1) is 10.2 Å². The quantitative estimate of drug-likeness (QED) is 0.629. The van der Waals surface area contributed by atoms with Gasteiger partial charge in [0.1, 0.15) is 18.2 Å². The Kier molecular flexibility index (Phi) is 6.08. The van der Waals surface area contributed by atoms with E-state index in [-0.39, 0.29) is 24.1 Å². The van der Waals surface area contributed by atoms with E-state index in [0.717, 1.165) is 11.3 Å². The first-order valence-corrected chi connectivity index (χ1v) is 9.26. The van der Waals surface area contributed by atoms with E-state index in [1.807, 2.05) is 38.2 Å². The maximum atomic E-state index is 12.9. The number of hydrogen-bond donors (Lipinski definition) is 1. The Balaban J connectivity index is 1.52. The van der Waals surface area contributed by atoms with Gasteiger partial charge in [0.15, 0.2) is 11.0 Å². The molecule has 0 bridgehead atoms. The minimum Gasteiger partial charge on any atom is -0.486 e. The van der Waals surface area contributed by atoms with Crippen LogP contribution < -0.4 is 10.1 Å². The lowest BCUT2D eigenvalue weighted by atomic mass is 10.2. The summed E-state index contributed by atoms with van der Waals surface area (Å²) >= 11 is 1.30. The molecule has 0 saturated carbocycles. The van der Waals surface area contributed by atoms with Gasteiger partial charge in [-0.05, 0) is 48.9 Å². The number of benzene rings is 2. The summed E-state index contributed by atoms with van der Waals surface area (Å²) in [6, 6.07) is 13.4. The molecule has 0 radical (unpaired) electrons. The van der Waals surface area contributed by atoms with Gasteiger partial charge in [-0.1, -0.05) is 23.9 Å². The second kappa shape index (κ2) is 8.68. The molecule has 3 rings (SSSR count). The number of rotatable bonds is 7. The van der Waals surface area contributed by atoms with Crippen molar-refractivity contribution in [3.8, 4) is 5.75 Å². The Morgan fingerprint density at radius 3 is 2.74 bits per heavy atom. The van der Waals surface area contributed by atoms with Crippen LogP contribution in [0.3, 0.4) is 0 Å². The molecule has 1 heterocycles. The zero-order chi connectivity index (χ0) is 19.2. The fourth-order valence-electron chi connectivity index (χ4n) is 2.33. The van der Waals surface area contributed by atoms with Crippen molar-refractivity contribution in [3.05, 3.63) is 65.7 Å². The summed E-state index contributed by atoms with van der Waals surface area (Å²) in [5.41, 5.74) is 1.85. The molecule has 27 heavy (non-hydrogen) atoms. The molecule has 0 aliphatic heterocycles. The number of halogens is 1. The van der Waals surface area contributed by atoms with Crippen molar-refractivity contribution in [2.45, 2.75) is 18.7 Å². The number of carbonyl (C=O) groups is 1. The highest BCUT2D eigenvalue weighted by Crippen LogP contribution is 2.18. The smallest absolute Gasteiger partial charge is 0.234 e. The van der Waals surface area contributed by atoms with Crippen LogP contribution in [-0.2, 0) is 18.4 Å². The van der Waals surface area contributed by atoms with Gasteiger partial charge in [0.25, 0.3) is 0 Å². The highest BCUT2D eigenvalue weighted by molar-refractivity contribution is 7.99. The second-order valence-electron chi connectivity index (χ2n) is 5.91. The number of hydrogen-bond acceptors (Lipinski definition) is 5. The van der Waals surface area contributed by atoms with Crippen LogP contribution in [0.15, 0.2) is 53.7 Å². The zero-order valence-corrected chi connectivity index (χ0v) is 15.8. The Bertz CT molecular complexity index is 928. The molecule has 1 aromatic heterocycles. The zero-order valence-electron chi connectivity index (χ0n) is 15.0. The molecule has 2 aromatic carbocycles. The van der Waals surface area contributed by atoms with E-state index < -0.39 is 0 Å². The first kappa shape index (κ1) is 18.9. The maximum Gasteiger partial charge on any atom is 0.234 e. The van der Waals surface area contributed by atoms with Crippen molar-refractivity contribution < 1.29 is 13.9 Å². The van der Waals surface area contributed by atoms with E-state index in [0.29, 0.717) is 16.7 Å². The number of nitrogens with zero attached hydrogens (tertiary/aromatic N) is 3. The Hall–Kier alpha value is -2.87. The van der Waals surface area contributed by atoms with Gasteiger partial charge in [0, 0.05) is 12.7 Å². The summed E-state index contributed by atoms with van der Waals surface area (Å²) in [5, 5.41) is 11.7. The topological polar surface area (TPSA) is 69.0 Å². The average molecular weight is 386 g/mol. The molecule has 0 saturated heterocycles. The van der Waals surface area contributed by atoms with Gasteiger partial charge < -0.3 is 14.6 Å². The molecule has 0 fully saturated rings. The average Bonchev–Trinajstić information content (AvgIpc) is 2.99. The van der Waals surface area contributed by atoms with Gasteiger partial charge in [-0.3, -0.25) is 4.79 Å². The second-order valence-corrected chi connectivity index (χ2v) is 6.85. The van der Waals surface area contributed by atoms with Crippen LogP contribution in [0, 0.1) is 12.7 Å². The minimum atomic E-state index is -0.316. The molecule has 0 spiro atoms. The molecule has 3 aromatic rings. The molecule has 1 N–H and O–H groups in total. The number of carbonyl (C=O) groups excluding carboxylic acids is 1. The van der Waals surface area contributed by atoms with Gasteiger partial charge in [0.2, 0.25) is 5.91 Å². The predicted octanol–water partition coefficient (Wildman–Crippen LogP) is 3.57. The summed E-state index contributed by atoms with van der Waals surface area (Å²) in [6.45, 7) is 2.17. The molecule has 0 aliphatic rings. The van der Waals surface area contributed by atoms with Crippen molar-refractivity contribution in [1.29, 1.82) is 0 Å². The number of ether oxygens (including phenoxy) is 1. The summed E-state index contributed by atoms with van der Waals surface area (Å²) in [7, 11) is 1.81. The third-order valence-electron chi connectivity index (χ3n) is 3.74. The third-order valence-corrected chi connectivity index (χ3v) is 4.76. The van der Waals surface area contributed by atoms with Crippen LogP contribution in [0.1, 0.15) is 11.4 Å². The monoisotopic (exact) mass is 386 g/mol. The van der Waals surface area contributed by atoms with Crippen molar-refractivity contribution in [2.75, 3.05) is 11.1 Å². The maximum absolute atomic E-state index is 12.9. The first-order valence-electron chi connectivity index (χ1n) is 8.27. The van der Waals surface area contributed by atoms with Gasteiger partial charge in [-0.2, -0.15) is 0 Å². The molecule has 0 atom stereocenters. The van der Waals surface area contributed by atoms with E-state index in [1.54, 1.807) is 16.7 Å². The minimum absolute atomic E-state index is 0.113. The number of thioether (sulfide) groups is 1. The normalized spacial score (nSPS) is 10.6. The van der Waals surface area contributed by atoms with Gasteiger partial charge in [0.05, 0.1) is 5.75 Å². The van der Waals surface area contributed by atoms with Crippen LogP contribution in [0.2, 0.25) is 0 Å².